The molecule has 0 bridgehead atoms. The second kappa shape index (κ2) is 8.63. The Bertz CT molecular complexity index is 1440. The number of nitrogens with zero attached hydrogens (tertiary/aromatic N) is 5. The first-order valence-electron chi connectivity index (χ1n) is 12.0. The molecule has 7 heteroatoms. The zero-order valence-electron chi connectivity index (χ0n) is 20.3. The number of benzene rings is 2. The number of para-hydroxylation sites is 1. The Morgan fingerprint density at radius 3 is 2.47 bits per heavy atom. The van der Waals surface area contributed by atoms with Gasteiger partial charge in [0, 0.05) is 49.7 Å². The summed E-state index contributed by atoms with van der Waals surface area (Å²) in [6.07, 6.45) is 2.34. The van der Waals surface area contributed by atoms with Crippen LogP contribution >= 0.6 is 0 Å². The molecule has 1 aliphatic rings. The van der Waals surface area contributed by atoms with Gasteiger partial charge in [-0.1, -0.05) is 37.3 Å². The van der Waals surface area contributed by atoms with Gasteiger partial charge in [-0.25, -0.2) is 4.68 Å². The maximum atomic E-state index is 13.8. The van der Waals surface area contributed by atoms with Crippen molar-refractivity contribution >= 4 is 33.4 Å². The minimum Gasteiger partial charge on any atom is -0.368 e. The number of piperazine rings is 1. The van der Waals surface area contributed by atoms with Crippen LogP contribution in [-0.4, -0.2) is 51.3 Å². The molecular formula is C27H31N5O2. The van der Waals surface area contributed by atoms with Crippen LogP contribution in [0.4, 0.5) is 5.69 Å². The van der Waals surface area contributed by atoms with Gasteiger partial charge in [-0.2, -0.15) is 5.10 Å². The van der Waals surface area contributed by atoms with Gasteiger partial charge in [0.2, 0.25) is 5.91 Å². The van der Waals surface area contributed by atoms with E-state index in [2.05, 4.69) is 42.0 Å². The number of hydrogen-bond acceptors (Lipinski definition) is 4. The standard InChI is InChI=1S/C27H31N5O2/c1-5-22(26(33)31-15-13-30(14-16-31)23-12-8-9-18(2)19(23)3)32-24-11-7-6-10-20(24)21-17-28-29(4)27(34)25(21)32/h6-12,17,22H,5,13-16H2,1-4H3. The van der Waals surface area contributed by atoms with Gasteiger partial charge in [0.05, 0.1) is 11.7 Å². The molecule has 0 N–H and O–H groups in total. The van der Waals surface area contributed by atoms with Crippen molar-refractivity contribution in [3.05, 3.63) is 70.1 Å². The summed E-state index contributed by atoms with van der Waals surface area (Å²) in [6.45, 7) is 9.24. The summed E-state index contributed by atoms with van der Waals surface area (Å²) in [5, 5.41) is 5.98. The average Bonchev–Trinajstić information content (AvgIpc) is 3.19. The molecule has 1 amide bonds. The van der Waals surface area contributed by atoms with Crippen LogP contribution in [0.15, 0.2) is 53.5 Å². The molecule has 1 unspecified atom stereocenters. The Kier molecular flexibility index (Phi) is 5.63. The molecular weight excluding hydrogens is 426 g/mol. The van der Waals surface area contributed by atoms with E-state index in [0.717, 1.165) is 29.4 Å². The topological polar surface area (TPSA) is 63.4 Å². The number of anilines is 1. The van der Waals surface area contributed by atoms with Crippen molar-refractivity contribution in [2.75, 3.05) is 31.1 Å². The molecule has 5 rings (SSSR count). The average molecular weight is 458 g/mol. The zero-order valence-corrected chi connectivity index (χ0v) is 20.3. The molecule has 4 aromatic rings. The fourth-order valence-corrected chi connectivity index (χ4v) is 5.24. The molecule has 2 aromatic carbocycles. The smallest absolute Gasteiger partial charge is 0.291 e. The first-order valence-corrected chi connectivity index (χ1v) is 12.0. The summed E-state index contributed by atoms with van der Waals surface area (Å²) in [5.41, 5.74) is 5.09. The third kappa shape index (κ3) is 3.47. The highest BCUT2D eigenvalue weighted by Gasteiger charge is 2.31. The van der Waals surface area contributed by atoms with Crippen LogP contribution in [0.25, 0.3) is 21.8 Å². The number of amides is 1. The second-order valence-electron chi connectivity index (χ2n) is 9.18. The number of rotatable bonds is 4. The number of hydrogen-bond donors (Lipinski definition) is 0. The molecule has 0 saturated carbocycles. The minimum atomic E-state index is -0.440. The lowest BCUT2D eigenvalue weighted by Gasteiger charge is -2.38. The Labute approximate surface area is 199 Å². The summed E-state index contributed by atoms with van der Waals surface area (Å²) in [7, 11) is 1.65. The van der Waals surface area contributed by atoms with E-state index in [4.69, 9.17) is 0 Å². The van der Waals surface area contributed by atoms with Crippen molar-refractivity contribution in [3.8, 4) is 0 Å². The van der Waals surface area contributed by atoms with E-state index in [1.54, 1.807) is 13.2 Å². The van der Waals surface area contributed by atoms with Gasteiger partial charge in [-0.05, 0) is 43.5 Å². The molecule has 0 spiro atoms. The lowest BCUT2D eigenvalue weighted by molar-refractivity contribution is -0.135. The van der Waals surface area contributed by atoms with Crippen molar-refractivity contribution < 1.29 is 4.79 Å². The Morgan fingerprint density at radius 1 is 1.00 bits per heavy atom. The molecule has 2 aromatic heterocycles. The van der Waals surface area contributed by atoms with E-state index in [9.17, 15) is 9.59 Å². The maximum Gasteiger partial charge on any atom is 0.291 e. The van der Waals surface area contributed by atoms with Gasteiger partial charge in [0.15, 0.2) is 0 Å². The van der Waals surface area contributed by atoms with Crippen LogP contribution in [0.3, 0.4) is 0 Å². The predicted octanol–water partition coefficient (Wildman–Crippen LogP) is 3.80. The Morgan fingerprint density at radius 2 is 1.74 bits per heavy atom. The van der Waals surface area contributed by atoms with Gasteiger partial charge in [0.25, 0.3) is 5.56 Å². The molecule has 0 aliphatic carbocycles. The fourth-order valence-electron chi connectivity index (χ4n) is 5.24. The molecule has 3 heterocycles. The van der Waals surface area contributed by atoms with Crippen LogP contribution < -0.4 is 10.5 Å². The summed E-state index contributed by atoms with van der Waals surface area (Å²) in [6, 6.07) is 13.9. The SMILES string of the molecule is CCC(C(=O)N1CCN(c2cccc(C)c2C)CC1)n1c2ccccc2c2cnn(C)c(=O)c21. The number of carbonyl (C=O) groups is 1. The summed E-state index contributed by atoms with van der Waals surface area (Å²) in [5.74, 6) is 0.0737. The third-order valence-electron chi connectivity index (χ3n) is 7.30. The van der Waals surface area contributed by atoms with Crippen molar-refractivity contribution in [1.82, 2.24) is 19.2 Å². The first kappa shape index (κ1) is 22.2. The van der Waals surface area contributed by atoms with E-state index in [1.165, 1.54) is 21.5 Å². The number of fused-ring (bicyclic) bond motifs is 3. The van der Waals surface area contributed by atoms with Crippen molar-refractivity contribution in [2.45, 2.75) is 33.2 Å². The van der Waals surface area contributed by atoms with Crippen LogP contribution in [-0.2, 0) is 11.8 Å². The molecule has 1 aliphatic heterocycles. The van der Waals surface area contributed by atoms with E-state index in [0.29, 0.717) is 25.0 Å². The molecule has 1 atom stereocenters. The van der Waals surface area contributed by atoms with Gasteiger partial charge < -0.3 is 14.4 Å². The second-order valence-corrected chi connectivity index (χ2v) is 9.18. The fraction of sp³-hybridized carbons (Fsp3) is 0.370. The quantitative estimate of drug-likeness (QED) is 0.468. The minimum absolute atomic E-state index is 0.0737. The van der Waals surface area contributed by atoms with E-state index >= 15 is 0 Å². The zero-order chi connectivity index (χ0) is 24.0. The molecule has 7 nitrogen and oxygen atoms in total. The van der Waals surface area contributed by atoms with Crippen molar-refractivity contribution in [3.63, 3.8) is 0 Å². The largest absolute Gasteiger partial charge is 0.368 e. The normalized spacial score (nSPS) is 15.3. The molecule has 1 fully saturated rings. The van der Waals surface area contributed by atoms with Gasteiger partial charge in [-0.15, -0.1) is 0 Å². The first-order chi connectivity index (χ1) is 16.4. The van der Waals surface area contributed by atoms with Gasteiger partial charge in [0.1, 0.15) is 11.6 Å². The third-order valence-corrected chi connectivity index (χ3v) is 7.30. The Balaban J connectivity index is 1.48. The number of aryl methyl sites for hydroxylation is 2. The van der Waals surface area contributed by atoms with E-state index in [1.807, 2.05) is 40.7 Å². The van der Waals surface area contributed by atoms with Gasteiger partial charge >= 0.3 is 0 Å². The highest BCUT2D eigenvalue weighted by molar-refractivity contribution is 6.08. The van der Waals surface area contributed by atoms with Crippen LogP contribution in [0.1, 0.15) is 30.5 Å². The van der Waals surface area contributed by atoms with Crippen LogP contribution in [0.5, 0.6) is 0 Å². The summed E-state index contributed by atoms with van der Waals surface area (Å²) in [4.78, 5) is 31.3. The summed E-state index contributed by atoms with van der Waals surface area (Å²) >= 11 is 0. The molecule has 1 saturated heterocycles. The molecule has 0 radical (unpaired) electrons. The highest BCUT2D eigenvalue weighted by atomic mass is 16.2. The highest BCUT2D eigenvalue weighted by Crippen LogP contribution is 2.32. The Hall–Kier alpha value is -3.61. The predicted molar refractivity (Wildman–Crippen MR) is 137 cm³/mol. The van der Waals surface area contributed by atoms with Crippen LogP contribution in [0, 0.1) is 13.8 Å². The summed E-state index contributed by atoms with van der Waals surface area (Å²) < 4.78 is 3.30. The lowest BCUT2D eigenvalue weighted by Crippen LogP contribution is -2.50. The van der Waals surface area contributed by atoms with Gasteiger partial charge in [-0.3, -0.25) is 9.59 Å². The van der Waals surface area contributed by atoms with Crippen LogP contribution in [0.2, 0.25) is 0 Å². The monoisotopic (exact) mass is 457 g/mol. The van der Waals surface area contributed by atoms with Crippen molar-refractivity contribution in [2.24, 2.45) is 7.05 Å². The molecule has 176 valence electrons. The lowest BCUT2D eigenvalue weighted by atomic mass is 10.1. The number of aromatic nitrogens is 3. The van der Waals surface area contributed by atoms with E-state index in [-0.39, 0.29) is 11.5 Å². The molecule has 34 heavy (non-hydrogen) atoms. The maximum absolute atomic E-state index is 13.8. The van der Waals surface area contributed by atoms with Crippen molar-refractivity contribution in [1.29, 1.82) is 0 Å². The number of carbonyl (C=O) groups excluding carboxylic acids is 1. The van der Waals surface area contributed by atoms with E-state index < -0.39 is 6.04 Å².